The van der Waals surface area contributed by atoms with Gasteiger partial charge in [-0.25, -0.2) is 4.79 Å². The van der Waals surface area contributed by atoms with Gasteiger partial charge < -0.3 is 15.3 Å². The third kappa shape index (κ3) is 2.08. The maximum atomic E-state index is 10.3. The highest BCUT2D eigenvalue weighted by atomic mass is 16.5. The summed E-state index contributed by atoms with van der Waals surface area (Å²) >= 11 is 0. The van der Waals surface area contributed by atoms with Crippen LogP contribution in [-0.4, -0.2) is 30.7 Å². The van der Waals surface area contributed by atoms with Crippen molar-refractivity contribution in [3.8, 4) is 0 Å². The minimum atomic E-state index is -0.778. The fourth-order valence-electron chi connectivity index (χ4n) is 0.269. The Kier molecular flexibility index (Phi) is 3.35. The largest absolute Gasteiger partial charge is 0.763 e. The smallest absolute Gasteiger partial charge is 0.342 e. The van der Waals surface area contributed by atoms with Crippen molar-refractivity contribution in [2.45, 2.75) is 0 Å². The van der Waals surface area contributed by atoms with E-state index in [1.54, 1.807) is 0 Å². The predicted molar refractivity (Wildman–Crippen MR) is 31.0 cm³/mol. The molecule has 4 heteroatoms. The van der Waals surface area contributed by atoms with Crippen molar-refractivity contribution in [1.82, 2.24) is 0 Å². The third-order valence-electron chi connectivity index (χ3n) is 0.725. The number of aliphatic hydroxyl groups excluding tert-OH is 1. The van der Waals surface area contributed by atoms with Crippen molar-refractivity contribution in [3.05, 3.63) is 11.0 Å². The van der Waals surface area contributed by atoms with Gasteiger partial charge >= 0.3 is 5.97 Å². The molecule has 0 aromatic carbocycles. The normalized spacial score (nSPS) is 7.78. The van der Waals surface area contributed by atoms with E-state index in [-0.39, 0.29) is 5.57 Å². The molecule has 0 atom stereocenters. The first-order valence-corrected chi connectivity index (χ1v) is 2.21. The van der Waals surface area contributed by atoms with Crippen molar-refractivity contribution < 1.29 is 14.6 Å². The molecule has 50 valence electrons. The lowest BCUT2D eigenvalue weighted by Gasteiger charge is -1.97. The van der Waals surface area contributed by atoms with Crippen molar-refractivity contribution in [2.75, 3.05) is 13.7 Å². The van der Waals surface area contributed by atoms with E-state index in [0.717, 1.165) is 7.11 Å². The number of carbonyl (C=O) groups is 1. The number of carbonyl (C=O) groups excluding carboxylic acids is 1. The Labute approximate surface area is 52.3 Å². The number of nitrogens with zero attached hydrogens (tertiary/aromatic N) is 1. The van der Waals surface area contributed by atoms with Crippen LogP contribution < -0.4 is 0 Å². The van der Waals surface area contributed by atoms with Gasteiger partial charge in [0.1, 0.15) is 0 Å². The second kappa shape index (κ2) is 3.83. The van der Waals surface area contributed by atoms with E-state index in [9.17, 15) is 4.79 Å². The zero-order valence-electron chi connectivity index (χ0n) is 4.92. The van der Waals surface area contributed by atoms with E-state index in [4.69, 9.17) is 10.5 Å². The number of esters is 1. The van der Waals surface area contributed by atoms with Crippen molar-refractivity contribution in [2.24, 2.45) is 0 Å². The highest BCUT2D eigenvalue weighted by Crippen LogP contribution is 1.87. The van der Waals surface area contributed by atoms with E-state index in [2.05, 4.69) is 4.74 Å². The van der Waals surface area contributed by atoms with Crippen LogP contribution in [0.5, 0.6) is 0 Å². The van der Waals surface area contributed by atoms with Crippen molar-refractivity contribution in [1.29, 1.82) is 0 Å². The van der Waals surface area contributed by atoms with Crippen molar-refractivity contribution >= 4 is 11.8 Å². The molecule has 0 radical (unpaired) electrons. The van der Waals surface area contributed by atoms with Gasteiger partial charge in [0.05, 0.1) is 19.3 Å². The molecule has 0 aromatic rings. The van der Waals surface area contributed by atoms with E-state index in [1.807, 2.05) is 0 Å². The Balaban J connectivity index is 4.14. The first-order chi connectivity index (χ1) is 4.26. The maximum Gasteiger partial charge on any atom is 0.342 e. The Hall–Kier alpha value is -1.12. The second-order valence-electron chi connectivity index (χ2n) is 1.24. The van der Waals surface area contributed by atoms with Gasteiger partial charge in [0, 0.05) is 0 Å². The highest BCUT2D eigenvalue weighted by Gasteiger charge is 2.03. The molecule has 0 bridgehead atoms. The van der Waals surface area contributed by atoms with Crippen LogP contribution in [0, 0.1) is 0 Å². The SMILES string of the molecule is COC(=O)C(=C=[N-])CO. The summed E-state index contributed by atoms with van der Waals surface area (Å²) < 4.78 is 4.14. The Bertz CT molecular complexity index is 158. The minimum Gasteiger partial charge on any atom is -0.763 e. The predicted octanol–water partition coefficient (Wildman–Crippen LogP) is -0.683. The molecular formula is C5H6NO3-. The van der Waals surface area contributed by atoms with Gasteiger partial charge in [-0.1, -0.05) is 0 Å². The zero-order chi connectivity index (χ0) is 7.28. The molecule has 1 N–H and O–H groups in total. The number of methoxy groups -OCH3 is 1. The first-order valence-electron chi connectivity index (χ1n) is 2.21. The molecule has 0 amide bonds. The quantitative estimate of drug-likeness (QED) is 0.304. The van der Waals surface area contributed by atoms with Gasteiger partial charge in [-0.15, -0.1) is 0 Å². The van der Waals surface area contributed by atoms with Gasteiger partial charge in [-0.05, 0) is 0 Å². The molecule has 9 heavy (non-hydrogen) atoms. The molecule has 0 aromatic heterocycles. The molecule has 0 saturated carbocycles. The first kappa shape index (κ1) is 7.88. The van der Waals surface area contributed by atoms with Crippen LogP contribution in [0.4, 0.5) is 0 Å². The zero-order valence-corrected chi connectivity index (χ0v) is 4.92. The molecule has 0 aliphatic carbocycles. The molecule has 0 unspecified atom stereocenters. The minimum absolute atomic E-state index is 0.280. The summed E-state index contributed by atoms with van der Waals surface area (Å²) in [5, 5.41) is 16.3. The molecule has 0 fully saturated rings. The molecule has 0 aliphatic heterocycles. The van der Waals surface area contributed by atoms with Crippen LogP contribution in [0.15, 0.2) is 5.57 Å². The van der Waals surface area contributed by atoms with Gasteiger partial charge in [-0.3, -0.25) is 5.87 Å². The van der Waals surface area contributed by atoms with Crippen LogP contribution in [0.1, 0.15) is 0 Å². The highest BCUT2D eigenvalue weighted by molar-refractivity contribution is 5.98. The topological polar surface area (TPSA) is 68.8 Å². The van der Waals surface area contributed by atoms with Crippen LogP contribution in [0.3, 0.4) is 0 Å². The molecule has 0 aliphatic rings. The molecule has 0 rings (SSSR count). The van der Waals surface area contributed by atoms with Gasteiger partial charge in [0.25, 0.3) is 0 Å². The van der Waals surface area contributed by atoms with Crippen LogP contribution >= 0.6 is 0 Å². The maximum absolute atomic E-state index is 10.3. The molecule has 0 heterocycles. The van der Waals surface area contributed by atoms with Crippen molar-refractivity contribution in [3.63, 3.8) is 0 Å². The Morgan fingerprint density at radius 1 is 1.89 bits per heavy atom. The van der Waals surface area contributed by atoms with Crippen LogP contribution in [0.25, 0.3) is 5.41 Å². The monoisotopic (exact) mass is 128 g/mol. The summed E-state index contributed by atoms with van der Waals surface area (Å²) in [7, 11) is 1.15. The third-order valence-corrected chi connectivity index (χ3v) is 0.725. The number of hydrogen-bond donors (Lipinski definition) is 1. The average Bonchev–Trinajstić information content (AvgIpc) is 1.90. The summed E-state index contributed by atoms with van der Waals surface area (Å²) in [4.78, 5) is 10.3. The second-order valence-corrected chi connectivity index (χ2v) is 1.24. The Morgan fingerprint density at radius 2 is 2.44 bits per heavy atom. The summed E-state index contributed by atoms with van der Waals surface area (Å²) in [6.45, 7) is -0.566. The fourth-order valence-corrected chi connectivity index (χ4v) is 0.269. The lowest BCUT2D eigenvalue weighted by atomic mass is 10.3. The fraction of sp³-hybridized carbons (Fsp3) is 0.400. The lowest BCUT2D eigenvalue weighted by Crippen LogP contribution is -2.08. The van der Waals surface area contributed by atoms with E-state index in [1.165, 1.54) is 5.87 Å². The summed E-state index contributed by atoms with van der Waals surface area (Å²) in [5.41, 5.74) is -0.280. The molecule has 0 saturated heterocycles. The van der Waals surface area contributed by atoms with E-state index in [0.29, 0.717) is 0 Å². The number of hydrogen-bond acceptors (Lipinski definition) is 3. The summed E-state index contributed by atoms with van der Waals surface area (Å²) in [6.07, 6.45) is 0. The number of rotatable bonds is 2. The molecular weight excluding hydrogens is 122 g/mol. The van der Waals surface area contributed by atoms with E-state index >= 15 is 0 Å². The number of aliphatic hydroxyl groups is 1. The van der Waals surface area contributed by atoms with E-state index < -0.39 is 12.6 Å². The molecule has 4 nitrogen and oxygen atoms in total. The average molecular weight is 128 g/mol. The van der Waals surface area contributed by atoms with Gasteiger partial charge in [0.15, 0.2) is 0 Å². The summed E-state index contributed by atoms with van der Waals surface area (Å²) in [6, 6.07) is 0. The lowest BCUT2D eigenvalue weighted by molar-refractivity contribution is -0.136. The molecule has 0 spiro atoms. The standard InChI is InChI=1S/C5H6NO3/c1-9-5(8)4(2-6)3-7/h7H,3H2,1H3/q-1. The van der Waals surface area contributed by atoms with Crippen LogP contribution in [0.2, 0.25) is 0 Å². The number of ether oxygens (including phenoxy) is 1. The van der Waals surface area contributed by atoms with Gasteiger partial charge in [-0.2, -0.15) is 0 Å². The Morgan fingerprint density at radius 3 is 2.56 bits per heavy atom. The van der Waals surface area contributed by atoms with Crippen LogP contribution in [-0.2, 0) is 9.53 Å². The van der Waals surface area contributed by atoms with Gasteiger partial charge in [0.2, 0.25) is 0 Å². The summed E-state index contributed by atoms with van der Waals surface area (Å²) in [5.74, 6) is 0.717.